The first kappa shape index (κ1) is 25.0. The molecular formula is C28H35NO6. The number of aliphatic carboxylic acids is 1. The number of methoxy groups -OCH3 is 1. The Labute approximate surface area is 207 Å². The number of likely N-dealkylation sites (tertiary alicyclic amines) is 1. The highest BCUT2D eigenvalue weighted by molar-refractivity contribution is 5.81. The average Bonchev–Trinajstić information content (AvgIpc) is 3.48. The van der Waals surface area contributed by atoms with E-state index in [0.29, 0.717) is 30.2 Å². The number of carbonyl (C=O) groups is 2. The number of nitrogens with zero attached hydrogens (tertiary/aromatic N) is 1. The molecular weight excluding hydrogens is 446 g/mol. The second-order valence-corrected chi connectivity index (χ2v) is 9.43. The molecule has 0 amide bonds. The van der Waals surface area contributed by atoms with Gasteiger partial charge in [0.25, 0.3) is 0 Å². The van der Waals surface area contributed by atoms with Gasteiger partial charge in [-0.15, -0.1) is 0 Å². The lowest BCUT2D eigenvalue weighted by atomic mass is 9.82. The van der Waals surface area contributed by atoms with Crippen molar-refractivity contribution in [3.05, 3.63) is 53.6 Å². The zero-order valence-electron chi connectivity index (χ0n) is 20.6. The van der Waals surface area contributed by atoms with Gasteiger partial charge in [-0.3, -0.25) is 14.5 Å². The molecule has 1 saturated heterocycles. The van der Waals surface area contributed by atoms with Crippen LogP contribution in [0.1, 0.15) is 68.5 Å². The summed E-state index contributed by atoms with van der Waals surface area (Å²) >= 11 is 0. The first-order valence-electron chi connectivity index (χ1n) is 12.5. The van der Waals surface area contributed by atoms with Gasteiger partial charge in [-0.05, 0) is 41.8 Å². The van der Waals surface area contributed by atoms with Crippen molar-refractivity contribution < 1.29 is 28.9 Å². The molecule has 0 spiro atoms. The van der Waals surface area contributed by atoms with Crippen LogP contribution in [-0.4, -0.2) is 48.8 Å². The maximum atomic E-state index is 12.9. The summed E-state index contributed by atoms with van der Waals surface area (Å²) in [5, 5.41) is 10.4. The minimum absolute atomic E-state index is 0.162. The van der Waals surface area contributed by atoms with Crippen molar-refractivity contribution in [3.8, 4) is 17.2 Å². The molecule has 0 bridgehead atoms. The fourth-order valence-corrected chi connectivity index (χ4v) is 5.30. The predicted molar refractivity (Wildman–Crippen MR) is 132 cm³/mol. The van der Waals surface area contributed by atoms with Crippen LogP contribution >= 0.6 is 0 Å². The van der Waals surface area contributed by atoms with Gasteiger partial charge < -0.3 is 19.3 Å². The number of benzene rings is 2. The second-order valence-electron chi connectivity index (χ2n) is 9.43. The van der Waals surface area contributed by atoms with Gasteiger partial charge in [0, 0.05) is 24.9 Å². The molecule has 3 atom stereocenters. The van der Waals surface area contributed by atoms with Crippen molar-refractivity contribution in [3.63, 3.8) is 0 Å². The minimum atomic E-state index is -0.872. The topological polar surface area (TPSA) is 85.3 Å². The van der Waals surface area contributed by atoms with Crippen LogP contribution in [0.25, 0.3) is 0 Å². The Morgan fingerprint density at radius 1 is 1.00 bits per heavy atom. The zero-order chi connectivity index (χ0) is 24.8. The summed E-state index contributed by atoms with van der Waals surface area (Å²) in [5.41, 5.74) is 1.76. The molecule has 4 rings (SSSR count). The summed E-state index contributed by atoms with van der Waals surface area (Å²) in [6, 6.07) is 12.7. The van der Waals surface area contributed by atoms with Gasteiger partial charge >= 0.3 is 5.97 Å². The number of hydrogen-bond donors (Lipinski definition) is 1. The SMILES string of the molecule is CCCCCCCC(=O)CN1CC(c2ccc3c(c2)OCO3)C(C(=O)O)C1c1ccc(OC)cc1. The number of hydrogen-bond acceptors (Lipinski definition) is 6. The predicted octanol–water partition coefficient (Wildman–Crippen LogP) is 5.19. The Balaban J connectivity index is 1.59. The minimum Gasteiger partial charge on any atom is -0.497 e. The van der Waals surface area contributed by atoms with E-state index in [1.165, 1.54) is 12.8 Å². The molecule has 1 fully saturated rings. The number of carboxylic acids is 1. The molecule has 0 radical (unpaired) electrons. The van der Waals surface area contributed by atoms with E-state index in [4.69, 9.17) is 14.2 Å². The molecule has 2 aromatic carbocycles. The Morgan fingerprint density at radius 3 is 2.43 bits per heavy atom. The summed E-state index contributed by atoms with van der Waals surface area (Å²) < 4.78 is 16.3. The summed E-state index contributed by atoms with van der Waals surface area (Å²) in [4.78, 5) is 27.6. The molecule has 2 aliphatic rings. The normalized spacial score (nSPS) is 21.3. The van der Waals surface area contributed by atoms with E-state index in [9.17, 15) is 14.7 Å². The van der Waals surface area contributed by atoms with Gasteiger partial charge in [0.1, 0.15) is 11.5 Å². The molecule has 0 saturated carbocycles. The van der Waals surface area contributed by atoms with Crippen LogP contribution in [0.15, 0.2) is 42.5 Å². The van der Waals surface area contributed by atoms with Crippen molar-refractivity contribution in [1.29, 1.82) is 0 Å². The lowest BCUT2D eigenvalue weighted by Gasteiger charge is -2.27. The number of rotatable bonds is 12. The van der Waals surface area contributed by atoms with Crippen LogP contribution in [-0.2, 0) is 9.59 Å². The van der Waals surface area contributed by atoms with E-state index >= 15 is 0 Å². The quantitative estimate of drug-likeness (QED) is 0.417. The lowest BCUT2D eigenvalue weighted by molar-refractivity contribution is -0.143. The van der Waals surface area contributed by atoms with Gasteiger partial charge in [-0.2, -0.15) is 0 Å². The highest BCUT2D eigenvalue weighted by Crippen LogP contribution is 2.47. The number of fused-ring (bicyclic) bond motifs is 1. The molecule has 2 aliphatic heterocycles. The summed E-state index contributed by atoms with van der Waals surface area (Å²) in [6.45, 7) is 3.07. The zero-order valence-corrected chi connectivity index (χ0v) is 20.6. The second kappa shape index (κ2) is 11.6. The van der Waals surface area contributed by atoms with E-state index in [2.05, 4.69) is 6.92 Å². The van der Waals surface area contributed by atoms with Gasteiger partial charge in [0.15, 0.2) is 11.5 Å². The Kier molecular flexibility index (Phi) is 8.29. The van der Waals surface area contributed by atoms with Crippen LogP contribution < -0.4 is 14.2 Å². The number of Topliss-reactive ketones (excluding diaryl/α,β-unsaturated/α-hetero) is 1. The smallest absolute Gasteiger partial charge is 0.309 e. The first-order valence-corrected chi connectivity index (χ1v) is 12.5. The molecule has 2 aromatic rings. The Morgan fingerprint density at radius 2 is 1.71 bits per heavy atom. The molecule has 0 aliphatic carbocycles. The van der Waals surface area contributed by atoms with Gasteiger partial charge in [-0.1, -0.05) is 50.8 Å². The van der Waals surface area contributed by atoms with Gasteiger partial charge in [0.05, 0.1) is 19.6 Å². The Hall–Kier alpha value is -3.06. The molecule has 1 N–H and O–H groups in total. The molecule has 0 aromatic heterocycles. The number of ether oxygens (including phenoxy) is 3. The highest BCUT2D eigenvalue weighted by Gasteiger charge is 2.48. The fraction of sp³-hybridized carbons (Fsp3) is 0.500. The van der Waals surface area contributed by atoms with Gasteiger partial charge in [0.2, 0.25) is 6.79 Å². The molecule has 3 unspecified atom stereocenters. The van der Waals surface area contributed by atoms with Crippen LogP contribution in [0.5, 0.6) is 17.2 Å². The van der Waals surface area contributed by atoms with E-state index < -0.39 is 17.9 Å². The summed E-state index contributed by atoms with van der Waals surface area (Å²) in [5.74, 6) is 0.307. The number of carboxylic acid groups (broad SMARTS) is 1. The summed E-state index contributed by atoms with van der Waals surface area (Å²) in [6.07, 6.45) is 5.98. The third-order valence-electron chi connectivity index (χ3n) is 7.10. The molecule has 7 nitrogen and oxygen atoms in total. The molecule has 35 heavy (non-hydrogen) atoms. The van der Waals surface area contributed by atoms with Crippen molar-refractivity contribution in [2.75, 3.05) is 27.0 Å². The van der Waals surface area contributed by atoms with Crippen LogP contribution in [0.3, 0.4) is 0 Å². The maximum absolute atomic E-state index is 12.9. The van der Waals surface area contributed by atoms with Crippen molar-refractivity contribution in [1.82, 2.24) is 4.90 Å². The largest absolute Gasteiger partial charge is 0.497 e. The van der Waals surface area contributed by atoms with Crippen LogP contribution in [0, 0.1) is 5.92 Å². The highest BCUT2D eigenvalue weighted by atomic mass is 16.7. The third kappa shape index (κ3) is 5.78. The standard InChI is InChI=1S/C28H35NO6/c1-3-4-5-6-7-8-21(30)16-29-17-23(20-11-14-24-25(15-20)35-18-34-24)26(28(31)32)27(29)19-9-12-22(33-2)13-10-19/h9-15,23,26-27H,3-8,16-18H2,1-2H3,(H,31,32). The summed E-state index contributed by atoms with van der Waals surface area (Å²) in [7, 11) is 1.60. The van der Waals surface area contributed by atoms with Crippen molar-refractivity contribution in [2.24, 2.45) is 5.92 Å². The maximum Gasteiger partial charge on any atom is 0.309 e. The molecule has 188 valence electrons. The number of ketones is 1. The van der Waals surface area contributed by atoms with Crippen molar-refractivity contribution >= 4 is 11.8 Å². The lowest BCUT2D eigenvalue weighted by Crippen LogP contribution is -2.32. The van der Waals surface area contributed by atoms with Crippen LogP contribution in [0.4, 0.5) is 0 Å². The third-order valence-corrected chi connectivity index (χ3v) is 7.10. The van der Waals surface area contributed by atoms with E-state index in [1.807, 2.05) is 47.4 Å². The van der Waals surface area contributed by atoms with Crippen LogP contribution in [0.2, 0.25) is 0 Å². The van der Waals surface area contributed by atoms with E-state index in [0.717, 1.165) is 30.4 Å². The van der Waals surface area contributed by atoms with E-state index in [-0.39, 0.29) is 25.0 Å². The molecule has 2 heterocycles. The van der Waals surface area contributed by atoms with Crippen molar-refractivity contribution in [2.45, 2.75) is 57.4 Å². The average molecular weight is 482 g/mol. The fourth-order valence-electron chi connectivity index (χ4n) is 5.30. The van der Waals surface area contributed by atoms with E-state index in [1.54, 1.807) is 7.11 Å². The Bertz CT molecular complexity index is 1020. The number of unbranched alkanes of at least 4 members (excludes halogenated alkanes) is 4. The van der Waals surface area contributed by atoms with Gasteiger partial charge in [-0.25, -0.2) is 0 Å². The number of carbonyl (C=O) groups excluding carboxylic acids is 1. The monoisotopic (exact) mass is 481 g/mol. The first-order chi connectivity index (χ1) is 17.0. The molecule has 7 heteroatoms.